The summed E-state index contributed by atoms with van der Waals surface area (Å²) >= 11 is 1.52. The third-order valence-corrected chi connectivity index (χ3v) is 4.07. The van der Waals surface area contributed by atoms with Crippen molar-refractivity contribution in [3.8, 4) is 11.5 Å². The Kier molecular flexibility index (Phi) is 4.27. The zero-order chi connectivity index (χ0) is 16.4. The number of ketones is 1. The van der Waals surface area contributed by atoms with Crippen LogP contribution in [0.5, 0.6) is 11.5 Å². The number of rotatable bonds is 4. The lowest BCUT2D eigenvalue weighted by molar-refractivity contribution is -0.138. The van der Waals surface area contributed by atoms with Crippen LogP contribution in [0.1, 0.15) is 20.8 Å². The Morgan fingerprint density at radius 3 is 2.91 bits per heavy atom. The third kappa shape index (κ3) is 3.18. The summed E-state index contributed by atoms with van der Waals surface area (Å²) in [5.41, 5.74) is 1.20. The molecule has 0 atom stereocenters. The summed E-state index contributed by atoms with van der Waals surface area (Å²) in [6, 6.07) is 7.00. The second kappa shape index (κ2) is 6.36. The van der Waals surface area contributed by atoms with Gasteiger partial charge in [0.2, 0.25) is 5.78 Å². The van der Waals surface area contributed by atoms with Crippen LogP contribution in [-0.4, -0.2) is 25.5 Å². The lowest BCUT2D eigenvalue weighted by Gasteiger charge is -2.07. The Morgan fingerprint density at radius 2 is 2.22 bits per heavy atom. The largest absolute Gasteiger partial charge is 0.452 e. The highest BCUT2D eigenvalue weighted by atomic mass is 32.1. The van der Waals surface area contributed by atoms with Crippen LogP contribution in [0.25, 0.3) is 6.08 Å². The zero-order valence-electron chi connectivity index (χ0n) is 12.6. The number of hydrogen-bond acceptors (Lipinski definition) is 6. The van der Waals surface area contributed by atoms with Gasteiger partial charge in [0.15, 0.2) is 5.76 Å². The van der Waals surface area contributed by atoms with E-state index in [2.05, 4.69) is 0 Å². The van der Waals surface area contributed by atoms with Gasteiger partial charge in [0.25, 0.3) is 0 Å². The second-order valence-corrected chi connectivity index (χ2v) is 5.95. The van der Waals surface area contributed by atoms with E-state index < -0.39 is 5.97 Å². The maximum Gasteiger partial charge on any atom is 0.337 e. The van der Waals surface area contributed by atoms with Crippen molar-refractivity contribution in [1.29, 1.82) is 0 Å². The minimum Gasteiger partial charge on any atom is -0.452 e. The van der Waals surface area contributed by atoms with Crippen molar-refractivity contribution < 1.29 is 23.8 Å². The molecule has 0 amide bonds. The average Bonchev–Trinajstić information content (AvgIpc) is 3.09. The van der Waals surface area contributed by atoms with Gasteiger partial charge >= 0.3 is 5.97 Å². The first-order chi connectivity index (χ1) is 11.1. The molecule has 0 bridgehead atoms. The number of hydrogen-bond donors (Lipinski definition) is 0. The Morgan fingerprint density at radius 1 is 1.39 bits per heavy atom. The van der Waals surface area contributed by atoms with E-state index in [-0.39, 0.29) is 18.1 Å². The zero-order valence-corrected chi connectivity index (χ0v) is 13.4. The maximum absolute atomic E-state index is 12.5. The lowest BCUT2D eigenvalue weighted by Crippen LogP contribution is -2.14. The van der Waals surface area contributed by atoms with Crippen LogP contribution in [0, 0.1) is 6.92 Å². The van der Waals surface area contributed by atoms with Gasteiger partial charge in [-0.2, -0.15) is 0 Å². The number of fused-ring (bicyclic) bond motifs is 1. The summed E-state index contributed by atoms with van der Waals surface area (Å²) in [6.07, 6.45) is 1.71. The van der Waals surface area contributed by atoms with Crippen molar-refractivity contribution in [2.45, 2.75) is 6.92 Å². The Balaban J connectivity index is 1.89. The van der Waals surface area contributed by atoms with Gasteiger partial charge in [-0.25, -0.2) is 4.79 Å². The number of allylic oxidation sites excluding steroid dienone is 1. The first-order valence-corrected chi connectivity index (χ1v) is 7.78. The quantitative estimate of drug-likeness (QED) is 0.489. The molecule has 0 fully saturated rings. The van der Waals surface area contributed by atoms with Gasteiger partial charge in [0, 0.05) is 24.1 Å². The smallest absolute Gasteiger partial charge is 0.337 e. The summed E-state index contributed by atoms with van der Waals surface area (Å²) in [6.45, 7) is 1.64. The van der Waals surface area contributed by atoms with Gasteiger partial charge in [0.1, 0.15) is 18.1 Å². The molecule has 1 aliphatic heterocycles. The van der Waals surface area contributed by atoms with Crippen LogP contribution < -0.4 is 9.47 Å². The van der Waals surface area contributed by atoms with Gasteiger partial charge in [-0.3, -0.25) is 4.79 Å². The number of methoxy groups -OCH3 is 1. The molecule has 1 aliphatic rings. The van der Waals surface area contributed by atoms with Crippen molar-refractivity contribution in [1.82, 2.24) is 0 Å². The van der Waals surface area contributed by atoms with E-state index in [0.29, 0.717) is 22.6 Å². The summed E-state index contributed by atoms with van der Waals surface area (Å²) in [4.78, 5) is 24.9. The van der Waals surface area contributed by atoms with Gasteiger partial charge < -0.3 is 14.2 Å². The first-order valence-electron chi connectivity index (χ1n) is 6.90. The van der Waals surface area contributed by atoms with Crippen molar-refractivity contribution in [2.24, 2.45) is 0 Å². The van der Waals surface area contributed by atoms with Crippen LogP contribution in [0.2, 0.25) is 0 Å². The highest BCUT2D eigenvalue weighted by Crippen LogP contribution is 2.37. The van der Waals surface area contributed by atoms with Crippen LogP contribution >= 0.6 is 11.3 Å². The molecule has 0 saturated heterocycles. The number of thiophene rings is 1. The molecule has 6 heteroatoms. The van der Waals surface area contributed by atoms with Crippen LogP contribution in [0.4, 0.5) is 0 Å². The molecule has 0 radical (unpaired) electrons. The highest BCUT2D eigenvalue weighted by molar-refractivity contribution is 7.10. The molecule has 1 aromatic carbocycles. The number of ether oxygens (including phenoxy) is 3. The van der Waals surface area contributed by atoms with Crippen molar-refractivity contribution in [3.63, 3.8) is 0 Å². The van der Waals surface area contributed by atoms with Gasteiger partial charge in [0.05, 0.1) is 5.56 Å². The summed E-state index contributed by atoms with van der Waals surface area (Å²) in [7, 11) is 1.42. The summed E-state index contributed by atoms with van der Waals surface area (Å²) < 4.78 is 15.5. The monoisotopic (exact) mass is 330 g/mol. The maximum atomic E-state index is 12.5. The first kappa shape index (κ1) is 15.5. The predicted molar refractivity (Wildman–Crippen MR) is 85.9 cm³/mol. The minimum atomic E-state index is -0.509. The molecule has 1 aromatic heterocycles. The Bertz CT molecular complexity index is 790. The molecule has 0 unspecified atom stereocenters. The SMILES string of the molecule is COCC(=O)Oc1cc(C)c2c(c1)O/C(=C\c1cccs1)C2=O. The Hall–Kier alpha value is -2.44. The molecular formula is C17H14O5S. The third-order valence-electron chi connectivity index (χ3n) is 3.25. The molecule has 0 N–H and O–H groups in total. The molecule has 0 spiro atoms. The fourth-order valence-corrected chi connectivity index (χ4v) is 2.96. The number of esters is 1. The van der Waals surface area contributed by atoms with E-state index in [0.717, 1.165) is 4.88 Å². The van der Waals surface area contributed by atoms with E-state index in [1.807, 2.05) is 17.5 Å². The van der Waals surface area contributed by atoms with Crippen LogP contribution in [0.3, 0.4) is 0 Å². The lowest BCUT2D eigenvalue weighted by atomic mass is 10.0. The molecule has 118 valence electrons. The molecule has 3 rings (SSSR count). The summed E-state index contributed by atoms with van der Waals surface area (Å²) in [5.74, 6) is 0.323. The normalized spacial score (nSPS) is 14.7. The van der Waals surface area contributed by atoms with Crippen molar-refractivity contribution in [2.75, 3.05) is 13.7 Å². The molecule has 0 aliphatic carbocycles. The molecule has 2 aromatic rings. The van der Waals surface area contributed by atoms with Gasteiger partial charge in [-0.05, 0) is 30.0 Å². The Labute approximate surface area is 137 Å². The van der Waals surface area contributed by atoms with E-state index in [9.17, 15) is 9.59 Å². The van der Waals surface area contributed by atoms with Crippen molar-refractivity contribution >= 4 is 29.2 Å². The highest BCUT2D eigenvalue weighted by Gasteiger charge is 2.30. The minimum absolute atomic E-state index is 0.139. The van der Waals surface area contributed by atoms with Crippen LogP contribution in [-0.2, 0) is 9.53 Å². The van der Waals surface area contributed by atoms with Gasteiger partial charge in [-0.1, -0.05) is 6.07 Å². The standard InChI is InChI=1S/C17H14O5S/c1-10-6-11(21-15(18)9-20-2)7-13-16(10)17(19)14(22-13)8-12-4-3-5-23-12/h3-8H,9H2,1-2H3/b14-8-. The van der Waals surface area contributed by atoms with E-state index in [1.54, 1.807) is 25.1 Å². The molecule has 2 heterocycles. The number of benzene rings is 1. The molecular weight excluding hydrogens is 316 g/mol. The topological polar surface area (TPSA) is 61.8 Å². The average molecular weight is 330 g/mol. The second-order valence-electron chi connectivity index (χ2n) is 4.98. The van der Waals surface area contributed by atoms with Crippen LogP contribution in [0.15, 0.2) is 35.4 Å². The van der Waals surface area contributed by atoms with E-state index >= 15 is 0 Å². The number of Topliss-reactive ketones (excluding diaryl/α,β-unsaturated/α-hetero) is 1. The molecule has 5 nitrogen and oxygen atoms in total. The number of aryl methyl sites for hydroxylation is 1. The van der Waals surface area contributed by atoms with E-state index in [1.165, 1.54) is 18.4 Å². The number of carbonyl (C=O) groups excluding carboxylic acids is 2. The van der Waals surface area contributed by atoms with E-state index in [4.69, 9.17) is 14.2 Å². The fourth-order valence-electron chi connectivity index (χ4n) is 2.32. The van der Waals surface area contributed by atoms with Crippen molar-refractivity contribution in [3.05, 3.63) is 51.4 Å². The summed E-state index contributed by atoms with van der Waals surface area (Å²) in [5, 5.41) is 1.93. The fraction of sp³-hybridized carbons (Fsp3) is 0.176. The molecule has 23 heavy (non-hydrogen) atoms. The molecule has 0 saturated carbocycles. The van der Waals surface area contributed by atoms with Gasteiger partial charge in [-0.15, -0.1) is 11.3 Å². The number of carbonyl (C=O) groups is 2. The predicted octanol–water partition coefficient (Wildman–Crippen LogP) is 3.22.